The summed E-state index contributed by atoms with van der Waals surface area (Å²) in [6, 6.07) is 0. The maximum Gasteiger partial charge on any atom is 0.338 e. The molecule has 7 nitrogen and oxygen atoms in total. The minimum Gasteiger partial charge on any atom is -0.480 e. The van der Waals surface area contributed by atoms with Crippen molar-refractivity contribution in [2.75, 3.05) is 19.7 Å². The predicted molar refractivity (Wildman–Crippen MR) is 52.3 cm³/mol. The van der Waals surface area contributed by atoms with E-state index in [9.17, 15) is 14.4 Å². The summed E-state index contributed by atoms with van der Waals surface area (Å²) in [5.74, 6) is -2.23. The molecule has 1 heterocycles. The highest BCUT2D eigenvalue weighted by Gasteiger charge is 2.28. The number of esters is 1. The Labute approximate surface area is 91.5 Å². The summed E-state index contributed by atoms with van der Waals surface area (Å²) in [5, 5.41) is 13.3. The predicted octanol–water partition coefficient (Wildman–Crippen LogP) is -1.39. The molecule has 0 radical (unpaired) electrons. The molecule has 1 rings (SSSR count). The molecule has 0 unspecified atom stereocenters. The van der Waals surface area contributed by atoms with Gasteiger partial charge in [0.1, 0.15) is 12.2 Å². The highest BCUT2D eigenvalue weighted by atomic mass is 16.5. The fourth-order valence-electron chi connectivity index (χ4n) is 1.23. The van der Waals surface area contributed by atoms with Crippen LogP contribution in [-0.4, -0.2) is 42.6 Å². The number of aliphatic carboxylic acids is 1. The quantitative estimate of drug-likeness (QED) is 0.500. The lowest BCUT2D eigenvalue weighted by Gasteiger charge is -2.05. The zero-order chi connectivity index (χ0) is 12.1. The van der Waals surface area contributed by atoms with E-state index in [2.05, 4.69) is 10.6 Å². The molecule has 0 aliphatic carbocycles. The zero-order valence-corrected chi connectivity index (χ0v) is 8.70. The number of carboxylic acid groups (broad SMARTS) is 1. The van der Waals surface area contributed by atoms with Gasteiger partial charge in [0, 0.05) is 0 Å². The lowest BCUT2D eigenvalue weighted by molar-refractivity contribution is -0.139. The number of nitrogens with one attached hydrogen (secondary N) is 2. The van der Waals surface area contributed by atoms with Gasteiger partial charge in [0.15, 0.2) is 0 Å². The Morgan fingerprint density at radius 1 is 1.56 bits per heavy atom. The molecule has 3 N–H and O–H groups in total. The van der Waals surface area contributed by atoms with Gasteiger partial charge in [-0.1, -0.05) is 0 Å². The van der Waals surface area contributed by atoms with Crippen molar-refractivity contribution < 1.29 is 24.2 Å². The van der Waals surface area contributed by atoms with Crippen LogP contribution in [0.25, 0.3) is 0 Å². The molecule has 0 atom stereocenters. The minimum atomic E-state index is -1.12. The Balaban J connectivity index is 2.78. The molecule has 1 amide bonds. The van der Waals surface area contributed by atoms with E-state index in [1.807, 2.05) is 0 Å². The first-order chi connectivity index (χ1) is 7.56. The molecule has 1 aliphatic heterocycles. The minimum absolute atomic E-state index is 0.0270. The van der Waals surface area contributed by atoms with Gasteiger partial charge < -0.3 is 20.5 Å². The van der Waals surface area contributed by atoms with Crippen molar-refractivity contribution in [1.82, 2.24) is 10.6 Å². The Bertz CT molecular complexity index is 361. The monoisotopic (exact) mass is 228 g/mol. The third-order valence-corrected chi connectivity index (χ3v) is 1.89. The van der Waals surface area contributed by atoms with Crippen molar-refractivity contribution in [2.24, 2.45) is 0 Å². The molecular formula is C9H12N2O5. The van der Waals surface area contributed by atoms with Crippen LogP contribution >= 0.6 is 0 Å². The summed E-state index contributed by atoms with van der Waals surface area (Å²) in [6.07, 6.45) is 0. The number of hydrogen-bond acceptors (Lipinski definition) is 5. The van der Waals surface area contributed by atoms with Crippen molar-refractivity contribution in [1.29, 1.82) is 0 Å². The molecule has 0 saturated carbocycles. The number of rotatable bonds is 5. The van der Waals surface area contributed by atoms with Gasteiger partial charge in [-0.15, -0.1) is 0 Å². The highest BCUT2D eigenvalue weighted by Crippen LogP contribution is 2.10. The summed E-state index contributed by atoms with van der Waals surface area (Å²) < 4.78 is 4.73. The van der Waals surface area contributed by atoms with E-state index in [4.69, 9.17) is 9.84 Å². The maximum absolute atomic E-state index is 11.4. The summed E-state index contributed by atoms with van der Waals surface area (Å²) in [4.78, 5) is 33.0. The van der Waals surface area contributed by atoms with E-state index in [-0.39, 0.29) is 24.4 Å². The first-order valence-corrected chi connectivity index (χ1v) is 4.70. The number of carbonyl (C=O) groups is 3. The molecule has 0 fully saturated rings. The Kier molecular flexibility index (Phi) is 3.87. The molecule has 0 aromatic rings. The van der Waals surface area contributed by atoms with E-state index < -0.39 is 24.4 Å². The second-order valence-electron chi connectivity index (χ2n) is 3.00. The number of amides is 1. The Hall–Kier alpha value is -2.05. The lowest BCUT2D eigenvalue weighted by Crippen LogP contribution is -2.29. The van der Waals surface area contributed by atoms with Crippen molar-refractivity contribution in [2.45, 2.75) is 6.92 Å². The van der Waals surface area contributed by atoms with E-state index in [0.29, 0.717) is 0 Å². The van der Waals surface area contributed by atoms with Gasteiger partial charge in [0.05, 0.1) is 18.7 Å². The fraction of sp³-hybridized carbons (Fsp3) is 0.444. The van der Waals surface area contributed by atoms with Gasteiger partial charge >= 0.3 is 11.9 Å². The second kappa shape index (κ2) is 5.15. The van der Waals surface area contributed by atoms with Gasteiger partial charge in [0.25, 0.3) is 5.91 Å². The van der Waals surface area contributed by atoms with Crippen molar-refractivity contribution in [3.63, 3.8) is 0 Å². The van der Waals surface area contributed by atoms with Crippen LogP contribution in [-0.2, 0) is 19.1 Å². The zero-order valence-electron chi connectivity index (χ0n) is 8.70. The first-order valence-electron chi connectivity index (χ1n) is 4.70. The molecule has 88 valence electrons. The van der Waals surface area contributed by atoms with Crippen LogP contribution in [0.1, 0.15) is 6.92 Å². The van der Waals surface area contributed by atoms with Crippen LogP contribution in [0.4, 0.5) is 0 Å². The van der Waals surface area contributed by atoms with Crippen molar-refractivity contribution >= 4 is 17.8 Å². The number of carboxylic acids is 1. The van der Waals surface area contributed by atoms with Crippen molar-refractivity contribution in [3.8, 4) is 0 Å². The van der Waals surface area contributed by atoms with Crippen LogP contribution < -0.4 is 10.6 Å². The van der Waals surface area contributed by atoms with Crippen molar-refractivity contribution in [3.05, 3.63) is 11.3 Å². The Morgan fingerprint density at radius 3 is 2.81 bits per heavy atom. The van der Waals surface area contributed by atoms with E-state index in [1.165, 1.54) is 0 Å². The SMILES string of the molecule is CCOC(=O)C1=C(NCC(=O)O)C(=O)NC1. The molecule has 0 bridgehead atoms. The van der Waals surface area contributed by atoms with Gasteiger partial charge in [-0.2, -0.15) is 0 Å². The largest absolute Gasteiger partial charge is 0.480 e. The smallest absolute Gasteiger partial charge is 0.338 e. The molecule has 7 heteroatoms. The lowest BCUT2D eigenvalue weighted by atomic mass is 10.2. The molecule has 0 spiro atoms. The highest BCUT2D eigenvalue weighted by molar-refractivity contribution is 6.06. The molecule has 0 aromatic heterocycles. The number of hydrogen-bond donors (Lipinski definition) is 3. The molecular weight excluding hydrogens is 216 g/mol. The maximum atomic E-state index is 11.4. The topological polar surface area (TPSA) is 105 Å². The summed E-state index contributed by atoms with van der Waals surface area (Å²) in [6.45, 7) is 1.47. The average molecular weight is 228 g/mol. The van der Waals surface area contributed by atoms with Crippen LogP contribution in [0.5, 0.6) is 0 Å². The third kappa shape index (κ3) is 2.72. The second-order valence-corrected chi connectivity index (χ2v) is 3.00. The number of carbonyl (C=O) groups excluding carboxylic acids is 2. The van der Waals surface area contributed by atoms with Gasteiger partial charge in [-0.3, -0.25) is 9.59 Å². The Morgan fingerprint density at radius 2 is 2.25 bits per heavy atom. The fourth-order valence-corrected chi connectivity index (χ4v) is 1.23. The number of ether oxygens (including phenoxy) is 1. The standard InChI is InChI=1S/C9H12N2O5/c1-2-16-9(15)5-3-11-8(14)7(5)10-4-6(12)13/h10H,2-4H2,1H3,(H,11,14)(H,12,13). The summed E-state index contributed by atoms with van der Waals surface area (Å²) in [5.41, 5.74) is 0.106. The molecule has 0 saturated heterocycles. The summed E-state index contributed by atoms with van der Waals surface area (Å²) in [7, 11) is 0. The van der Waals surface area contributed by atoms with Gasteiger partial charge in [0.2, 0.25) is 0 Å². The van der Waals surface area contributed by atoms with Crippen LogP contribution in [0, 0.1) is 0 Å². The van der Waals surface area contributed by atoms with Gasteiger partial charge in [-0.05, 0) is 6.92 Å². The van der Waals surface area contributed by atoms with Gasteiger partial charge in [-0.25, -0.2) is 4.79 Å². The van der Waals surface area contributed by atoms with E-state index in [1.54, 1.807) is 6.92 Å². The molecule has 1 aliphatic rings. The average Bonchev–Trinajstić information content (AvgIpc) is 2.57. The van der Waals surface area contributed by atoms with Crippen LogP contribution in [0.3, 0.4) is 0 Å². The summed E-state index contributed by atoms with van der Waals surface area (Å²) >= 11 is 0. The first kappa shape index (κ1) is 12.0. The molecule has 0 aromatic carbocycles. The van der Waals surface area contributed by atoms with E-state index in [0.717, 1.165) is 0 Å². The molecule has 16 heavy (non-hydrogen) atoms. The third-order valence-electron chi connectivity index (χ3n) is 1.89. The van der Waals surface area contributed by atoms with E-state index >= 15 is 0 Å². The normalized spacial score (nSPS) is 14.7. The van der Waals surface area contributed by atoms with Crippen LogP contribution in [0.2, 0.25) is 0 Å². The van der Waals surface area contributed by atoms with Crippen LogP contribution in [0.15, 0.2) is 11.3 Å².